The second-order valence-electron chi connectivity index (χ2n) is 2.20. The van der Waals surface area contributed by atoms with E-state index in [1.54, 1.807) is 0 Å². The van der Waals surface area contributed by atoms with Crippen LogP contribution in [0.5, 0.6) is 0 Å². The van der Waals surface area contributed by atoms with Crippen molar-refractivity contribution in [2.45, 2.75) is 19.8 Å². The zero-order valence-electron chi connectivity index (χ0n) is 4.98. The molecule has 0 N–H and O–H groups in total. The molecular formula is C6H13N. The van der Waals surface area contributed by atoms with Gasteiger partial charge in [-0.3, -0.25) is 0 Å². The lowest BCUT2D eigenvalue weighted by molar-refractivity contribution is 0.182. The fraction of sp³-hybridized carbons (Fsp3) is 1.00. The summed E-state index contributed by atoms with van der Waals surface area (Å²) >= 11 is 0. The van der Waals surface area contributed by atoms with Gasteiger partial charge in [0.15, 0.2) is 0 Å². The van der Waals surface area contributed by atoms with Gasteiger partial charge in [0.1, 0.15) is 0 Å². The quantitative estimate of drug-likeness (QED) is 0.501. The van der Waals surface area contributed by atoms with Crippen molar-refractivity contribution in [3.63, 3.8) is 0 Å². The molecule has 1 heterocycles. The molecule has 0 atom stereocenters. The highest BCUT2D eigenvalue weighted by Crippen LogP contribution is 2.04. The molecule has 1 saturated heterocycles. The summed E-state index contributed by atoms with van der Waals surface area (Å²) < 4.78 is 0. The Morgan fingerprint density at radius 3 is 2.29 bits per heavy atom. The average molecular weight is 99.2 g/mol. The van der Waals surface area contributed by atoms with Gasteiger partial charge < -0.3 is 4.90 Å². The normalized spacial score (nSPS) is 21.9. The van der Waals surface area contributed by atoms with E-state index in [0.717, 1.165) is 0 Å². The highest BCUT2D eigenvalue weighted by Gasteiger charge is 2.10. The summed E-state index contributed by atoms with van der Waals surface area (Å²) in [4.78, 5) is 2.49. The Bertz CT molecular complexity index is 48.1. The molecule has 7 heavy (non-hydrogen) atoms. The minimum absolute atomic E-state index is 1.32. The van der Waals surface area contributed by atoms with Crippen molar-refractivity contribution in [1.29, 1.82) is 0 Å². The first-order chi connectivity index (χ1) is 3.43. The summed E-state index contributed by atoms with van der Waals surface area (Å²) in [5.74, 6) is 0. The number of likely N-dealkylation sites (tertiary alicyclic amines) is 1. The van der Waals surface area contributed by atoms with Crippen molar-refractivity contribution in [2.75, 3.05) is 19.6 Å². The monoisotopic (exact) mass is 99.1 g/mol. The van der Waals surface area contributed by atoms with Crippen LogP contribution < -0.4 is 0 Å². The van der Waals surface area contributed by atoms with E-state index >= 15 is 0 Å². The van der Waals surface area contributed by atoms with E-state index in [-0.39, 0.29) is 0 Å². The molecular weight excluding hydrogens is 86.1 g/mol. The summed E-state index contributed by atoms with van der Waals surface area (Å²) in [6.45, 7) is 6.26. The maximum atomic E-state index is 2.49. The van der Waals surface area contributed by atoms with Crippen molar-refractivity contribution in [1.82, 2.24) is 4.90 Å². The van der Waals surface area contributed by atoms with Crippen LogP contribution in [-0.2, 0) is 0 Å². The van der Waals surface area contributed by atoms with Crippen LogP contribution in [0.15, 0.2) is 0 Å². The van der Waals surface area contributed by atoms with E-state index in [4.69, 9.17) is 0 Å². The Kier molecular flexibility index (Phi) is 1.69. The molecule has 1 aliphatic heterocycles. The van der Waals surface area contributed by atoms with E-state index in [0.29, 0.717) is 0 Å². The summed E-state index contributed by atoms with van der Waals surface area (Å²) in [6.07, 6.45) is 2.75. The van der Waals surface area contributed by atoms with Crippen LogP contribution in [0.1, 0.15) is 19.8 Å². The third kappa shape index (κ3) is 1.16. The summed E-state index contributed by atoms with van der Waals surface area (Å²) in [7, 11) is 0. The number of hydrogen-bond donors (Lipinski definition) is 0. The van der Waals surface area contributed by atoms with Gasteiger partial charge in [-0.25, -0.2) is 0 Å². The van der Waals surface area contributed by atoms with Crippen LogP contribution in [0.2, 0.25) is 0 Å². The maximum absolute atomic E-state index is 2.49. The van der Waals surface area contributed by atoms with Gasteiger partial charge in [-0.05, 0) is 32.5 Å². The van der Waals surface area contributed by atoms with Crippen molar-refractivity contribution in [3.05, 3.63) is 0 Å². The lowest BCUT2D eigenvalue weighted by Gasteiger charge is -2.29. The van der Waals surface area contributed by atoms with Gasteiger partial charge in [0, 0.05) is 0 Å². The first-order valence-corrected chi connectivity index (χ1v) is 3.16. The number of rotatable bonds is 2. The zero-order valence-corrected chi connectivity index (χ0v) is 4.98. The first-order valence-electron chi connectivity index (χ1n) is 3.16. The number of hydrogen-bond acceptors (Lipinski definition) is 1. The molecule has 0 aromatic heterocycles. The van der Waals surface area contributed by atoms with E-state index in [9.17, 15) is 0 Å². The van der Waals surface area contributed by atoms with Gasteiger partial charge in [0.2, 0.25) is 0 Å². The highest BCUT2D eigenvalue weighted by atomic mass is 15.2. The Hall–Kier alpha value is -0.0400. The molecule has 42 valence electrons. The first kappa shape index (κ1) is 5.10. The van der Waals surface area contributed by atoms with Gasteiger partial charge in [0.25, 0.3) is 0 Å². The van der Waals surface area contributed by atoms with Crippen LogP contribution in [0, 0.1) is 0 Å². The molecule has 1 rings (SSSR count). The SMILES string of the molecule is CCCN1CCC1. The van der Waals surface area contributed by atoms with Crippen molar-refractivity contribution in [2.24, 2.45) is 0 Å². The average Bonchev–Trinajstić information content (AvgIpc) is 1.55. The Labute approximate surface area is 45.3 Å². The van der Waals surface area contributed by atoms with E-state index < -0.39 is 0 Å². The van der Waals surface area contributed by atoms with E-state index in [1.165, 1.54) is 32.5 Å². The maximum Gasteiger partial charge on any atom is -0.000654 e. The van der Waals surface area contributed by atoms with Gasteiger partial charge in [-0.1, -0.05) is 6.92 Å². The van der Waals surface area contributed by atoms with Crippen molar-refractivity contribution in [3.8, 4) is 0 Å². The van der Waals surface area contributed by atoms with E-state index in [2.05, 4.69) is 11.8 Å². The van der Waals surface area contributed by atoms with Gasteiger partial charge in [0.05, 0.1) is 0 Å². The summed E-state index contributed by atoms with van der Waals surface area (Å²) in [6, 6.07) is 0. The summed E-state index contributed by atoms with van der Waals surface area (Å²) in [5, 5.41) is 0. The third-order valence-corrected chi connectivity index (χ3v) is 1.49. The lowest BCUT2D eigenvalue weighted by atomic mass is 10.2. The molecule has 1 heteroatoms. The minimum atomic E-state index is 1.32. The van der Waals surface area contributed by atoms with Gasteiger partial charge >= 0.3 is 0 Å². The summed E-state index contributed by atoms with van der Waals surface area (Å²) in [5.41, 5.74) is 0. The molecule has 0 unspecified atom stereocenters. The Balaban J connectivity index is 1.93. The predicted molar refractivity (Wildman–Crippen MR) is 31.3 cm³/mol. The number of nitrogens with zero attached hydrogens (tertiary/aromatic N) is 1. The smallest absolute Gasteiger partial charge is 0.000654 e. The molecule has 0 amide bonds. The largest absolute Gasteiger partial charge is 0.303 e. The molecule has 0 radical (unpaired) electrons. The fourth-order valence-corrected chi connectivity index (χ4v) is 0.922. The van der Waals surface area contributed by atoms with Crippen LogP contribution >= 0.6 is 0 Å². The zero-order chi connectivity index (χ0) is 5.11. The van der Waals surface area contributed by atoms with Crippen molar-refractivity contribution < 1.29 is 0 Å². The molecule has 1 nitrogen and oxygen atoms in total. The Morgan fingerprint density at radius 1 is 1.43 bits per heavy atom. The van der Waals surface area contributed by atoms with Crippen LogP contribution in [-0.4, -0.2) is 24.5 Å². The molecule has 1 fully saturated rings. The standard InChI is InChI=1S/C6H13N/c1-2-4-7-5-3-6-7/h2-6H2,1H3. The van der Waals surface area contributed by atoms with Gasteiger partial charge in [-0.2, -0.15) is 0 Å². The topological polar surface area (TPSA) is 3.24 Å². The lowest BCUT2D eigenvalue weighted by Crippen LogP contribution is -2.37. The van der Waals surface area contributed by atoms with E-state index in [1.807, 2.05) is 0 Å². The third-order valence-electron chi connectivity index (χ3n) is 1.49. The highest BCUT2D eigenvalue weighted by molar-refractivity contribution is 4.66. The second kappa shape index (κ2) is 2.31. The Morgan fingerprint density at radius 2 is 2.14 bits per heavy atom. The molecule has 0 spiro atoms. The molecule has 0 aromatic carbocycles. The second-order valence-corrected chi connectivity index (χ2v) is 2.20. The predicted octanol–water partition coefficient (Wildman–Crippen LogP) is 1.10. The van der Waals surface area contributed by atoms with Crippen LogP contribution in [0.25, 0.3) is 0 Å². The minimum Gasteiger partial charge on any atom is -0.303 e. The van der Waals surface area contributed by atoms with Gasteiger partial charge in [-0.15, -0.1) is 0 Å². The molecule has 0 aliphatic carbocycles. The van der Waals surface area contributed by atoms with Crippen molar-refractivity contribution >= 4 is 0 Å². The molecule has 0 aromatic rings. The fourth-order valence-electron chi connectivity index (χ4n) is 0.922. The molecule has 0 bridgehead atoms. The molecule has 1 aliphatic rings. The van der Waals surface area contributed by atoms with Crippen LogP contribution in [0.3, 0.4) is 0 Å². The van der Waals surface area contributed by atoms with Crippen LogP contribution in [0.4, 0.5) is 0 Å². The molecule has 0 saturated carbocycles.